The quantitative estimate of drug-likeness (QED) is 0.690. The van der Waals surface area contributed by atoms with E-state index in [4.69, 9.17) is 0 Å². The van der Waals surface area contributed by atoms with Gasteiger partial charge in [0.2, 0.25) is 0 Å². The molecule has 1 saturated carbocycles. The molecule has 1 fully saturated rings. The second-order valence-corrected chi connectivity index (χ2v) is 6.47. The van der Waals surface area contributed by atoms with Crippen LogP contribution in [0.5, 0.6) is 0 Å². The first-order chi connectivity index (χ1) is 9.13. The molecule has 1 aromatic heterocycles. The lowest BCUT2D eigenvalue weighted by molar-refractivity contribution is 0.262. The molecule has 1 heteroatoms. The summed E-state index contributed by atoms with van der Waals surface area (Å²) in [6.45, 7) is 6.92. The highest BCUT2D eigenvalue weighted by molar-refractivity contribution is 5.79. The molecule has 0 amide bonds. The molecular formula is C18H23N. The van der Waals surface area contributed by atoms with Crippen molar-refractivity contribution in [3.63, 3.8) is 0 Å². The molecule has 1 heterocycles. The third-order valence-electron chi connectivity index (χ3n) is 4.70. The van der Waals surface area contributed by atoms with E-state index in [1.807, 2.05) is 6.20 Å². The van der Waals surface area contributed by atoms with Crippen LogP contribution in [0.3, 0.4) is 0 Å². The van der Waals surface area contributed by atoms with Gasteiger partial charge in [0.25, 0.3) is 0 Å². The summed E-state index contributed by atoms with van der Waals surface area (Å²) in [6.07, 6.45) is 6.04. The number of fused-ring (bicyclic) bond motifs is 1. The SMILES string of the molecule is Cc1cnc2ccc(C3CCC(C)CC3C)cc2c1. The van der Waals surface area contributed by atoms with Gasteiger partial charge < -0.3 is 0 Å². The lowest BCUT2D eigenvalue weighted by Gasteiger charge is -2.33. The standard InChI is InChI=1S/C18H23N/c1-12-4-6-17(14(3)8-12)15-5-7-18-16(10-15)9-13(2)11-19-18/h5,7,9-12,14,17H,4,6,8H2,1-3H3. The Morgan fingerprint density at radius 1 is 1.11 bits per heavy atom. The summed E-state index contributed by atoms with van der Waals surface area (Å²) in [7, 11) is 0. The predicted molar refractivity (Wildman–Crippen MR) is 81.4 cm³/mol. The highest BCUT2D eigenvalue weighted by Crippen LogP contribution is 2.40. The van der Waals surface area contributed by atoms with Gasteiger partial charge >= 0.3 is 0 Å². The van der Waals surface area contributed by atoms with Gasteiger partial charge in [0.1, 0.15) is 0 Å². The van der Waals surface area contributed by atoms with Crippen molar-refractivity contribution in [3.8, 4) is 0 Å². The van der Waals surface area contributed by atoms with Crippen LogP contribution in [0.2, 0.25) is 0 Å². The number of nitrogens with zero attached hydrogens (tertiary/aromatic N) is 1. The van der Waals surface area contributed by atoms with E-state index >= 15 is 0 Å². The van der Waals surface area contributed by atoms with Crippen LogP contribution < -0.4 is 0 Å². The van der Waals surface area contributed by atoms with E-state index in [0.717, 1.165) is 23.3 Å². The number of hydrogen-bond acceptors (Lipinski definition) is 1. The molecule has 19 heavy (non-hydrogen) atoms. The number of pyridine rings is 1. The van der Waals surface area contributed by atoms with E-state index in [9.17, 15) is 0 Å². The van der Waals surface area contributed by atoms with Gasteiger partial charge in [-0.25, -0.2) is 0 Å². The summed E-state index contributed by atoms with van der Waals surface area (Å²) in [4.78, 5) is 4.50. The average Bonchev–Trinajstić information content (AvgIpc) is 2.38. The zero-order valence-corrected chi connectivity index (χ0v) is 12.2. The second kappa shape index (κ2) is 4.96. The van der Waals surface area contributed by atoms with Crippen molar-refractivity contribution >= 4 is 10.9 Å². The molecule has 0 bridgehead atoms. The van der Waals surface area contributed by atoms with E-state index in [1.54, 1.807) is 0 Å². The summed E-state index contributed by atoms with van der Waals surface area (Å²) < 4.78 is 0. The Bertz CT molecular complexity index is 587. The minimum absolute atomic E-state index is 0.737. The summed E-state index contributed by atoms with van der Waals surface area (Å²) in [6, 6.07) is 9.10. The molecule has 0 saturated heterocycles. The van der Waals surface area contributed by atoms with Gasteiger partial charge in [-0.15, -0.1) is 0 Å². The molecule has 2 aromatic rings. The molecule has 3 unspecified atom stereocenters. The first kappa shape index (κ1) is 12.7. The molecule has 0 aliphatic heterocycles. The molecule has 0 spiro atoms. The van der Waals surface area contributed by atoms with Gasteiger partial charge in [-0.2, -0.15) is 0 Å². The maximum atomic E-state index is 4.50. The maximum Gasteiger partial charge on any atom is 0.0702 e. The second-order valence-electron chi connectivity index (χ2n) is 6.47. The third-order valence-corrected chi connectivity index (χ3v) is 4.70. The van der Waals surface area contributed by atoms with Crippen molar-refractivity contribution in [2.45, 2.75) is 46.0 Å². The molecule has 0 radical (unpaired) electrons. The van der Waals surface area contributed by atoms with Crippen molar-refractivity contribution in [1.82, 2.24) is 4.98 Å². The molecule has 100 valence electrons. The Balaban J connectivity index is 1.96. The number of hydrogen-bond donors (Lipinski definition) is 0. The molecule has 1 nitrogen and oxygen atoms in total. The van der Waals surface area contributed by atoms with Crippen molar-refractivity contribution in [3.05, 3.63) is 41.6 Å². The zero-order chi connectivity index (χ0) is 13.4. The number of rotatable bonds is 1. The Kier molecular flexibility index (Phi) is 3.30. The fourth-order valence-corrected chi connectivity index (χ4v) is 3.65. The Labute approximate surface area is 116 Å². The molecular weight excluding hydrogens is 230 g/mol. The largest absolute Gasteiger partial charge is 0.256 e. The van der Waals surface area contributed by atoms with Crippen molar-refractivity contribution in [2.24, 2.45) is 11.8 Å². The molecule has 1 aliphatic rings. The van der Waals surface area contributed by atoms with Crippen LogP contribution in [-0.2, 0) is 0 Å². The van der Waals surface area contributed by atoms with E-state index in [1.165, 1.54) is 35.8 Å². The van der Waals surface area contributed by atoms with Crippen molar-refractivity contribution in [1.29, 1.82) is 0 Å². The first-order valence-corrected chi connectivity index (χ1v) is 7.50. The van der Waals surface area contributed by atoms with Crippen LogP contribution >= 0.6 is 0 Å². The van der Waals surface area contributed by atoms with Crippen molar-refractivity contribution in [2.75, 3.05) is 0 Å². The van der Waals surface area contributed by atoms with Gasteiger partial charge in [-0.3, -0.25) is 4.98 Å². The normalized spacial score (nSPS) is 27.6. The van der Waals surface area contributed by atoms with E-state index < -0.39 is 0 Å². The molecule has 0 N–H and O–H groups in total. The van der Waals surface area contributed by atoms with Gasteiger partial charge in [0.05, 0.1) is 5.52 Å². The van der Waals surface area contributed by atoms with Gasteiger partial charge in [0, 0.05) is 11.6 Å². The Morgan fingerprint density at radius 2 is 1.95 bits per heavy atom. The highest BCUT2D eigenvalue weighted by Gasteiger charge is 2.26. The Hall–Kier alpha value is -1.37. The summed E-state index contributed by atoms with van der Waals surface area (Å²) in [5, 5.41) is 1.29. The third kappa shape index (κ3) is 2.51. The fourth-order valence-electron chi connectivity index (χ4n) is 3.65. The van der Waals surface area contributed by atoms with Gasteiger partial charge in [-0.1, -0.05) is 26.3 Å². The summed E-state index contributed by atoms with van der Waals surface area (Å²) in [5.74, 6) is 2.44. The molecule has 1 aromatic carbocycles. The molecule has 3 atom stereocenters. The smallest absolute Gasteiger partial charge is 0.0702 e. The average molecular weight is 253 g/mol. The monoisotopic (exact) mass is 253 g/mol. The van der Waals surface area contributed by atoms with Crippen LogP contribution in [0.15, 0.2) is 30.5 Å². The van der Waals surface area contributed by atoms with E-state index in [-0.39, 0.29) is 0 Å². The lowest BCUT2D eigenvalue weighted by atomic mass is 9.72. The topological polar surface area (TPSA) is 12.9 Å². The highest BCUT2D eigenvalue weighted by atomic mass is 14.6. The van der Waals surface area contributed by atoms with Gasteiger partial charge in [0.15, 0.2) is 0 Å². The maximum absolute atomic E-state index is 4.50. The van der Waals surface area contributed by atoms with Crippen LogP contribution in [-0.4, -0.2) is 4.98 Å². The molecule has 1 aliphatic carbocycles. The van der Waals surface area contributed by atoms with Crippen LogP contribution in [0.1, 0.15) is 50.2 Å². The fraction of sp³-hybridized carbons (Fsp3) is 0.500. The minimum atomic E-state index is 0.737. The predicted octanol–water partition coefficient (Wildman–Crippen LogP) is 5.08. The van der Waals surface area contributed by atoms with Crippen LogP contribution in [0.25, 0.3) is 10.9 Å². The zero-order valence-electron chi connectivity index (χ0n) is 12.2. The van der Waals surface area contributed by atoms with Crippen LogP contribution in [0.4, 0.5) is 0 Å². The lowest BCUT2D eigenvalue weighted by Crippen LogP contribution is -2.19. The van der Waals surface area contributed by atoms with Crippen LogP contribution in [0, 0.1) is 18.8 Å². The Morgan fingerprint density at radius 3 is 2.74 bits per heavy atom. The number of aromatic nitrogens is 1. The number of aryl methyl sites for hydroxylation is 1. The minimum Gasteiger partial charge on any atom is -0.256 e. The number of benzene rings is 1. The summed E-state index contributed by atoms with van der Waals surface area (Å²) in [5.41, 5.74) is 3.88. The molecule has 3 rings (SSSR count). The van der Waals surface area contributed by atoms with Crippen molar-refractivity contribution < 1.29 is 0 Å². The van der Waals surface area contributed by atoms with E-state index in [2.05, 4.69) is 50.0 Å². The first-order valence-electron chi connectivity index (χ1n) is 7.50. The summed E-state index contributed by atoms with van der Waals surface area (Å²) >= 11 is 0. The van der Waals surface area contributed by atoms with Gasteiger partial charge in [-0.05, 0) is 66.8 Å². The van der Waals surface area contributed by atoms with E-state index in [0.29, 0.717) is 0 Å².